The minimum atomic E-state index is -3.55. The molecule has 3 aliphatic heterocycles. The van der Waals surface area contributed by atoms with E-state index < -0.39 is 43.0 Å². The molecule has 8 rings (SSSR count). The van der Waals surface area contributed by atoms with Crippen LogP contribution >= 0.6 is 11.6 Å². The Bertz CT molecular complexity index is 2540. The highest BCUT2D eigenvalue weighted by molar-refractivity contribution is 7.89. The molecule has 64 heavy (non-hydrogen) atoms. The molecule has 1 saturated carbocycles. The number of benzene rings is 3. The first kappa shape index (κ1) is 47.4. The van der Waals surface area contributed by atoms with Crippen molar-refractivity contribution in [2.24, 2.45) is 5.41 Å². The summed E-state index contributed by atoms with van der Waals surface area (Å²) in [6.07, 6.45) is 4.92. The number of carbonyl (C=O) groups excluding carboxylic acids is 1. The number of anilines is 1. The molecule has 346 valence electrons. The molecule has 1 aliphatic carbocycles. The number of carbonyl (C=O) groups is 1. The Labute approximate surface area is 381 Å². The van der Waals surface area contributed by atoms with Gasteiger partial charge >= 0.3 is 11.7 Å². The number of ether oxygens (including phenoxy) is 2. The van der Waals surface area contributed by atoms with Crippen LogP contribution in [0.3, 0.4) is 0 Å². The zero-order valence-electron chi connectivity index (χ0n) is 36.9. The smallest absolute Gasteiger partial charge is 0.410 e. The van der Waals surface area contributed by atoms with Crippen molar-refractivity contribution in [1.29, 1.82) is 0 Å². The predicted octanol–water partition coefficient (Wildman–Crippen LogP) is 6.24. The Morgan fingerprint density at radius 2 is 1.64 bits per heavy atom. The van der Waals surface area contributed by atoms with Crippen molar-refractivity contribution in [2.75, 3.05) is 57.4 Å². The molecule has 18 heteroatoms. The third-order valence-electron chi connectivity index (χ3n) is 12.1. The normalized spacial score (nSPS) is 22.1. The van der Waals surface area contributed by atoms with Crippen LogP contribution in [0.5, 0.6) is 5.75 Å². The van der Waals surface area contributed by atoms with Gasteiger partial charge in [0.1, 0.15) is 16.5 Å². The van der Waals surface area contributed by atoms with Crippen LogP contribution in [0, 0.1) is 5.41 Å². The van der Waals surface area contributed by atoms with E-state index in [-0.39, 0.29) is 61.2 Å². The molecule has 1 N–H and O–H groups in total. The van der Waals surface area contributed by atoms with E-state index >= 15 is 0 Å². The van der Waals surface area contributed by atoms with Gasteiger partial charge in [-0.1, -0.05) is 85.3 Å². The minimum Gasteiger partial charge on any atom is -0.486 e. The predicted molar refractivity (Wildman–Crippen MR) is 247 cm³/mol. The standard InChI is InChI=1S/C28H31ClN4O4S.C18H28N2O5S/c1-28(12-13-28)19-37-26-24(17-30-33(27(26)34)22-9-5-8-21(29)16-22)31-14-15-32-23(18-31)10-11-25(38(32,35)36)20-6-3-2-4-7-20;1-18(2,3)25-17(22)19-10-11-20(16(13-19)9-12-21)26(23,24)14-15-7-5-4-6-8-15/h2-9,16-17,23,25H,10-15,18-19H2,1H3;4-8,16,21H,9-14H2,1-3H3. The fraction of sp³-hybridized carbons (Fsp3) is 0.500. The van der Waals surface area contributed by atoms with E-state index in [1.165, 1.54) is 13.9 Å². The van der Waals surface area contributed by atoms with Crippen LogP contribution < -0.4 is 15.2 Å². The maximum atomic E-state index is 13.7. The van der Waals surface area contributed by atoms with Crippen molar-refractivity contribution in [3.05, 3.63) is 118 Å². The summed E-state index contributed by atoms with van der Waals surface area (Å²) in [7, 11) is -7.04. The molecule has 4 fully saturated rings. The fourth-order valence-electron chi connectivity index (χ4n) is 8.43. The lowest BCUT2D eigenvalue weighted by Gasteiger charge is -2.46. The number of aromatic nitrogens is 2. The third-order valence-corrected chi connectivity index (χ3v) is 16.6. The Kier molecular flexibility index (Phi) is 14.5. The molecule has 4 aliphatic rings. The highest BCUT2D eigenvalue weighted by Crippen LogP contribution is 2.46. The molecular formula is C46H59ClN6O9S2. The summed E-state index contributed by atoms with van der Waals surface area (Å²) in [6, 6.07) is 24.8. The molecule has 3 unspecified atom stereocenters. The lowest BCUT2D eigenvalue weighted by atomic mass is 10.0. The van der Waals surface area contributed by atoms with Gasteiger partial charge in [-0.15, -0.1) is 0 Å². The molecule has 0 spiro atoms. The van der Waals surface area contributed by atoms with E-state index in [0.29, 0.717) is 54.6 Å². The first-order valence-electron chi connectivity index (χ1n) is 21.8. The molecule has 15 nitrogen and oxygen atoms in total. The summed E-state index contributed by atoms with van der Waals surface area (Å²) in [4.78, 5) is 29.5. The molecule has 4 heterocycles. The Hall–Kier alpha value is -4.52. The summed E-state index contributed by atoms with van der Waals surface area (Å²) in [5.74, 6) is 0.157. The Morgan fingerprint density at radius 1 is 0.938 bits per heavy atom. The topological polar surface area (TPSA) is 172 Å². The summed E-state index contributed by atoms with van der Waals surface area (Å²) in [5.41, 5.74) is 1.84. The summed E-state index contributed by atoms with van der Waals surface area (Å²) < 4.78 is 68.8. The maximum Gasteiger partial charge on any atom is 0.410 e. The summed E-state index contributed by atoms with van der Waals surface area (Å²) in [5, 5.41) is 13.8. The second-order valence-corrected chi connectivity index (χ2v) is 22.8. The minimum absolute atomic E-state index is 0.0798. The average molecular weight is 940 g/mol. The van der Waals surface area contributed by atoms with Crippen molar-refractivity contribution in [3.63, 3.8) is 0 Å². The van der Waals surface area contributed by atoms with Crippen LogP contribution in [0.25, 0.3) is 5.69 Å². The van der Waals surface area contributed by atoms with Crippen LogP contribution in [0.1, 0.15) is 76.2 Å². The number of hydrogen-bond acceptors (Lipinski definition) is 11. The van der Waals surface area contributed by atoms with E-state index in [2.05, 4.69) is 16.9 Å². The third kappa shape index (κ3) is 11.3. The van der Waals surface area contributed by atoms with Gasteiger partial charge in [0, 0.05) is 68.4 Å². The van der Waals surface area contributed by atoms with Crippen LogP contribution in [0.15, 0.2) is 95.9 Å². The van der Waals surface area contributed by atoms with Crippen molar-refractivity contribution < 1.29 is 36.2 Å². The second-order valence-electron chi connectivity index (χ2n) is 18.3. The van der Waals surface area contributed by atoms with Gasteiger partial charge in [-0.25, -0.2) is 21.6 Å². The molecular weight excluding hydrogens is 880 g/mol. The number of fused-ring (bicyclic) bond motifs is 1. The lowest BCUT2D eigenvalue weighted by molar-refractivity contribution is 0.0115. The maximum absolute atomic E-state index is 13.7. The van der Waals surface area contributed by atoms with E-state index in [0.717, 1.165) is 24.8 Å². The van der Waals surface area contributed by atoms with Crippen molar-refractivity contribution in [3.8, 4) is 11.4 Å². The van der Waals surface area contributed by atoms with E-state index in [1.54, 1.807) is 79.8 Å². The van der Waals surface area contributed by atoms with Crippen LogP contribution in [-0.2, 0) is 30.5 Å². The SMILES string of the molecule is CC(C)(C)OC(=O)N1CCN(S(=O)(=O)Cc2ccccc2)C(CCO)C1.CC1(COc2c(N3CCN4C(CCC(c5ccccc5)S4(=O)=O)C3)cnn(-c3cccc(Cl)c3)c2=O)CC1. The monoisotopic (exact) mass is 938 g/mol. The first-order chi connectivity index (χ1) is 30.4. The lowest BCUT2D eigenvalue weighted by Crippen LogP contribution is -2.58. The van der Waals surface area contributed by atoms with Crippen molar-refractivity contribution >= 4 is 43.4 Å². The van der Waals surface area contributed by atoms with E-state index in [4.69, 9.17) is 21.1 Å². The first-order valence-corrected chi connectivity index (χ1v) is 25.3. The van der Waals surface area contributed by atoms with Crippen LogP contribution in [0.4, 0.5) is 10.5 Å². The van der Waals surface area contributed by atoms with Crippen LogP contribution in [0.2, 0.25) is 5.02 Å². The quantitative estimate of drug-likeness (QED) is 0.181. The van der Waals surface area contributed by atoms with E-state index in [1.807, 2.05) is 36.4 Å². The molecule has 1 amide bonds. The Balaban J connectivity index is 0.000000207. The number of halogens is 1. The second kappa shape index (κ2) is 19.5. The number of hydrogen-bond donors (Lipinski definition) is 1. The van der Waals surface area contributed by atoms with Gasteiger partial charge in [-0.2, -0.15) is 18.4 Å². The highest BCUT2D eigenvalue weighted by atomic mass is 35.5. The van der Waals surface area contributed by atoms with Gasteiger partial charge in [-0.05, 0) is 82.2 Å². The van der Waals surface area contributed by atoms with Crippen LogP contribution in [-0.4, -0.2) is 121 Å². The zero-order chi connectivity index (χ0) is 45.9. The van der Waals surface area contributed by atoms with Gasteiger partial charge in [-0.3, -0.25) is 4.79 Å². The molecule has 0 radical (unpaired) electrons. The number of sulfonamides is 2. The molecule has 4 aromatic rings. The van der Waals surface area contributed by atoms with Crippen molar-refractivity contribution in [2.45, 2.75) is 88.5 Å². The van der Waals surface area contributed by atoms with Gasteiger partial charge in [0.25, 0.3) is 0 Å². The molecule has 3 aromatic carbocycles. The fourth-order valence-corrected chi connectivity index (χ4v) is 12.6. The number of amides is 1. The number of aliphatic hydroxyl groups is 1. The van der Waals surface area contributed by atoms with Crippen molar-refractivity contribution in [1.82, 2.24) is 23.3 Å². The van der Waals surface area contributed by atoms with Gasteiger partial charge in [0.05, 0.1) is 24.2 Å². The summed E-state index contributed by atoms with van der Waals surface area (Å²) in [6.45, 7) is 9.78. The molecule has 3 saturated heterocycles. The number of aliphatic hydroxyl groups excluding tert-OH is 1. The number of nitrogens with zero attached hydrogens (tertiary/aromatic N) is 6. The van der Waals surface area contributed by atoms with Gasteiger partial charge in [0.15, 0.2) is 0 Å². The zero-order valence-corrected chi connectivity index (χ0v) is 39.3. The average Bonchev–Trinajstić information content (AvgIpc) is 3.99. The van der Waals surface area contributed by atoms with Gasteiger partial charge in [0.2, 0.25) is 25.8 Å². The Morgan fingerprint density at radius 3 is 2.30 bits per heavy atom. The van der Waals surface area contributed by atoms with Gasteiger partial charge < -0.3 is 24.4 Å². The number of piperazine rings is 2. The molecule has 0 bridgehead atoms. The highest BCUT2D eigenvalue weighted by Gasteiger charge is 2.45. The summed E-state index contributed by atoms with van der Waals surface area (Å²) >= 11 is 6.17. The molecule has 1 aromatic heterocycles. The molecule has 3 atom stereocenters. The number of rotatable bonds is 11. The van der Waals surface area contributed by atoms with E-state index in [9.17, 15) is 31.5 Å². The largest absolute Gasteiger partial charge is 0.486 e.